The molecule has 0 saturated heterocycles. The summed E-state index contributed by atoms with van der Waals surface area (Å²) in [7, 11) is 0. The van der Waals surface area contributed by atoms with Gasteiger partial charge in [0, 0.05) is 6.54 Å². The fourth-order valence-corrected chi connectivity index (χ4v) is 2.50. The number of hydrogen-bond acceptors (Lipinski definition) is 5. The standard InChI is InChI=1S/C20H21N3O4/c1-13(2)16-6-3-14(4-7-16)11-22-23-20(25)19(24)21-10-15-5-8-17-18(9-15)27-12-26-17/h3-9,11,13H,10,12H2,1-2H3,(H,21,24)(H,23,25)/b22-11+. The summed E-state index contributed by atoms with van der Waals surface area (Å²) >= 11 is 0. The second-order valence-corrected chi connectivity index (χ2v) is 6.39. The third-order valence-electron chi connectivity index (χ3n) is 4.08. The summed E-state index contributed by atoms with van der Waals surface area (Å²) in [6.07, 6.45) is 1.49. The van der Waals surface area contributed by atoms with E-state index < -0.39 is 11.8 Å². The zero-order valence-corrected chi connectivity index (χ0v) is 15.2. The maximum Gasteiger partial charge on any atom is 0.329 e. The predicted molar refractivity (Wildman–Crippen MR) is 101 cm³/mol. The molecule has 0 fully saturated rings. The van der Waals surface area contributed by atoms with Gasteiger partial charge in [-0.05, 0) is 34.7 Å². The molecule has 2 amide bonds. The van der Waals surface area contributed by atoms with E-state index in [1.165, 1.54) is 11.8 Å². The molecule has 0 aromatic heterocycles. The topological polar surface area (TPSA) is 89.0 Å². The lowest BCUT2D eigenvalue weighted by Crippen LogP contribution is -2.37. The van der Waals surface area contributed by atoms with Crippen molar-refractivity contribution in [3.05, 3.63) is 59.2 Å². The summed E-state index contributed by atoms with van der Waals surface area (Å²) in [5.74, 6) is 0.146. The van der Waals surface area contributed by atoms with Crippen LogP contribution in [0.1, 0.15) is 36.5 Å². The smallest absolute Gasteiger partial charge is 0.329 e. The highest BCUT2D eigenvalue weighted by Gasteiger charge is 2.15. The minimum atomic E-state index is -0.828. The van der Waals surface area contributed by atoms with Crippen LogP contribution in [0.3, 0.4) is 0 Å². The molecular weight excluding hydrogens is 346 g/mol. The average Bonchev–Trinajstić information content (AvgIpc) is 3.14. The first-order valence-corrected chi connectivity index (χ1v) is 8.62. The molecule has 27 heavy (non-hydrogen) atoms. The molecule has 0 atom stereocenters. The van der Waals surface area contributed by atoms with Crippen LogP contribution in [0.4, 0.5) is 0 Å². The van der Waals surface area contributed by atoms with E-state index >= 15 is 0 Å². The Kier molecular flexibility index (Phi) is 5.71. The van der Waals surface area contributed by atoms with Crippen LogP contribution in [0.2, 0.25) is 0 Å². The highest BCUT2D eigenvalue weighted by molar-refractivity contribution is 6.35. The first kappa shape index (κ1) is 18.4. The Morgan fingerprint density at radius 3 is 2.56 bits per heavy atom. The van der Waals surface area contributed by atoms with Crippen molar-refractivity contribution in [2.24, 2.45) is 5.10 Å². The van der Waals surface area contributed by atoms with Crippen LogP contribution >= 0.6 is 0 Å². The summed E-state index contributed by atoms with van der Waals surface area (Å²) < 4.78 is 10.5. The lowest BCUT2D eigenvalue weighted by molar-refractivity contribution is -0.139. The zero-order chi connectivity index (χ0) is 19.2. The van der Waals surface area contributed by atoms with E-state index in [0.29, 0.717) is 17.4 Å². The maximum absolute atomic E-state index is 11.9. The fourth-order valence-electron chi connectivity index (χ4n) is 2.50. The van der Waals surface area contributed by atoms with Gasteiger partial charge in [-0.15, -0.1) is 0 Å². The number of amides is 2. The second-order valence-electron chi connectivity index (χ2n) is 6.39. The zero-order valence-electron chi connectivity index (χ0n) is 15.2. The first-order chi connectivity index (χ1) is 13.0. The fraction of sp³-hybridized carbons (Fsp3) is 0.250. The van der Waals surface area contributed by atoms with E-state index in [9.17, 15) is 9.59 Å². The number of carbonyl (C=O) groups is 2. The minimum absolute atomic E-state index is 0.186. The molecule has 0 saturated carbocycles. The lowest BCUT2D eigenvalue weighted by atomic mass is 10.0. The minimum Gasteiger partial charge on any atom is -0.454 e. The van der Waals surface area contributed by atoms with Gasteiger partial charge in [-0.25, -0.2) is 5.43 Å². The number of fused-ring (bicyclic) bond motifs is 1. The number of benzene rings is 2. The Hall–Kier alpha value is -3.35. The van der Waals surface area contributed by atoms with Crippen molar-refractivity contribution in [2.45, 2.75) is 26.3 Å². The van der Waals surface area contributed by atoms with Gasteiger partial charge in [0.2, 0.25) is 6.79 Å². The van der Waals surface area contributed by atoms with Gasteiger partial charge >= 0.3 is 11.8 Å². The molecule has 1 aliphatic rings. The Labute approximate surface area is 157 Å². The predicted octanol–water partition coefficient (Wildman–Crippen LogP) is 2.31. The molecule has 3 rings (SSSR count). The van der Waals surface area contributed by atoms with Crippen molar-refractivity contribution in [1.82, 2.24) is 10.7 Å². The summed E-state index contributed by atoms with van der Waals surface area (Å²) in [5.41, 5.74) is 5.08. The molecule has 2 aromatic carbocycles. The molecular formula is C20H21N3O4. The molecule has 0 unspecified atom stereocenters. The van der Waals surface area contributed by atoms with E-state index in [0.717, 1.165) is 11.1 Å². The van der Waals surface area contributed by atoms with Gasteiger partial charge in [-0.3, -0.25) is 9.59 Å². The quantitative estimate of drug-likeness (QED) is 0.482. The van der Waals surface area contributed by atoms with Crippen molar-refractivity contribution in [3.8, 4) is 11.5 Å². The third-order valence-corrected chi connectivity index (χ3v) is 4.08. The van der Waals surface area contributed by atoms with E-state index in [1.807, 2.05) is 24.3 Å². The highest BCUT2D eigenvalue weighted by Crippen LogP contribution is 2.32. The third kappa shape index (κ3) is 4.84. The molecule has 2 aromatic rings. The molecule has 140 valence electrons. The number of carbonyl (C=O) groups excluding carboxylic acids is 2. The highest BCUT2D eigenvalue weighted by atomic mass is 16.7. The maximum atomic E-state index is 11.9. The Morgan fingerprint density at radius 1 is 1.07 bits per heavy atom. The van der Waals surface area contributed by atoms with Gasteiger partial charge in [0.25, 0.3) is 0 Å². The normalized spacial score (nSPS) is 12.4. The number of hydrogen-bond donors (Lipinski definition) is 2. The van der Waals surface area contributed by atoms with Crippen LogP contribution in [-0.4, -0.2) is 24.8 Å². The van der Waals surface area contributed by atoms with Crippen LogP contribution in [0, 0.1) is 0 Å². The van der Waals surface area contributed by atoms with Crippen molar-refractivity contribution >= 4 is 18.0 Å². The summed E-state index contributed by atoms with van der Waals surface area (Å²) in [6.45, 7) is 4.62. The molecule has 7 nitrogen and oxygen atoms in total. The second kappa shape index (κ2) is 8.35. The molecule has 2 N–H and O–H groups in total. The van der Waals surface area contributed by atoms with E-state index in [-0.39, 0.29) is 13.3 Å². The summed E-state index contributed by atoms with van der Waals surface area (Å²) in [6, 6.07) is 13.1. The van der Waals surface area contributed by atoms with Crippen molar-refractivity contribution in [3.63, 3.8) is 0 Å². The largest absolute Gasteiger partial charge is 0.454 e. The molecule has 0 spiro atoms. The van der Waals surface area contributed by atoms with E-state index in [4.69, 9.17) is 9.47 Å². The first-order valence-electron chi connectivity index (χ1n) is 8.62. The van der Waals surface area contributed by atoms with Crippen molar-refractivity contribution in [1.29, 1.82) is 0 Å². The number of nitrogens with one attached hydrogen (secondary N) is 2. The molecule has 1 heterocycles. The van der Waals surface area contributed by atoms with Crippen molar-refractivity contribution in [2.75, 3.05) is 6.79 Å². The molecule has 0 bridgehead atoms. The Balaban J connectivity index is 1.46. The van der Waals surface area contributed by atoms with Gasteiger partial charge in [-0.1, -0.05) is 44.2 Å². The van der Waals surface area contributed by atoms with Gasteiger partial charge in [-0.2, -0.15) is 5.10 Å². The molecule has 1 aliphatic heterocycles. The summed E-state index contributed by atoms with van der Waals surface area (Å²) in [4.78, 5) is 23.7. The number of ether oxygens (including phenoxy) is 2. The van der Waals surface area contributed by atoms with Gasteiger partial charge in [0.1, 0.15) is 0 Å². The van der Waals surface area contributed by atoms with Gasteiger partial charge in [0.05, 0.1) is 6.21 Å². The van der Waals surface area contributed by atoms with Crippen LogP contribution in [-0.2, 0) is 16.1 Å². The monoisotopic (exact) mass is 367 g/mol. The van der Waals surface area contributed by atoms with Crippen LogP contribution in [0.15, 0.2) is 47.6 Å². The number of rotatable bonds is 5. The van der Waals surface area contributed by atoms with Crippen LogP contribution in [0.5, 0.6) is 11.5 Å². The van der Waals surface area contributed by atoms with E-state index in [1.54, 1.807) is 18.2 Å². The number of hydrazone groups is 1. The van der Waals surface area contributed by atoms with E-state index in [2.05, 4.69) is 29.7 Å². The lowest BCUT2D eigenvalue weighted by Gasteiger charge is -2.05. The van der Waals surface area contributed by atoms with Gasteiger partial charge < -0.3 is 14.8 Å². The van der Waals surface area contributed by atoms with Crippen LogP contribution in [0.25, 0.3) is 0 Å². The molecule has 7 heteroatoms. The Bertz CT molecular complexity index is 860. The molecule has 0 radical (unpaired) electrons. The molecule has 0 aliphatic carbocycles. The van der Waals surface area contributed by atoms with Crippen molar-refractivity contribution < 1.29 is 19.1 Å². The Morgan fingerprint density at radius 2 is 1.81 bits per heavy atom. The van der Waals surface area contributed by atoms with Gasteiger partial charge in [0.15, 0.2) is 11.5 Å². The number of nitrogens with zero attached hydrogens (tertiary/aromatic N) is 1. The van der Waals surface area contributed by atoms with Crippen LogP contribution < -0.4 is 20.2 Å². The SMILES string of the molecule is CC(C)c1ccc(/C=N/NC(=O)C(=O)NCc2ccc3c(c2)OCO3)cc1. The summed E-state index contributed by atoms with van der Waals surface area (Å²) in [5, 5.41) is 6.35. The average molecular weight is 367 g/mol.